The number of nitrogens with zero attached hydrogens (tertiary/aromatic N) is 1. The summed E-state index contributed by atoms with van der Waals surface area (Å²) >= 11 is 0. The monoisotopic (exact) mass is 286 g/mol. The molecule has 18 heavy (non-hydrogen) atoms. The lowest BCUT2D eigenvalue weighted by atomic mass is 10.3. The van der Waals surface area contributed by atoms with Crippen LogP contribution in [0.25, 0.3) is 0 Å². The van der Waals surface area contributed by atoms with E-state index in [-0.39, 0.29) is 12.3 Å². The Morgan fingerprint density at radius 1 is 1.28 bits per heavy atom. The molecule has 98 valence electrons. The summed E-state index contributed by atoms with van der Waals surface area (Å²) in [4.78, 5) is 25.7. The van der Waals surface area contributed by atoms with Crippen LogP contribution < -0.4 is 5.32 Å². The molecular formula is C11H14N2O3S2. The zero-order valence-electron chi connectivity index (χ0n) is 9.67. The van der Waals surface area contributed by atoms with E-state index in [1.54, 1.807) is 35.2 Å². The molecule has 0 fully saturated rings. The number of aliphatic carboxylic acids is 1. The third-order valence-corrected chi connectivity index (χ3v) is 4.26. The molecule has 0 spiro atoms. The maximum atomic E-state index is 11.6. The number of hydrogen-bond acceptors (Lipinski definition) is 5. The molecule has 1 heterocycles. The molecule has 0 aliphatic carbocycles. The molecule has 0 atom stereocenters. The predicted octanol–water partition coefficient (Wildman–Crippen LogP) is 1.67. The summed E-state index contributed by atoms with van der Waals surface area (Å²) in [5, 5.41) is 11.2. The normalized spacial score (nSPS) is 10.0. The number of rotatable bonds is 8. The minimum Gasteiger partial charge on any atom is -0.481 e. The Balaban J connectivity index is 2.05. The maximum absolute atomic E-state index is 11.6. The third kappa shape index (κ3) is 6.51. The van der Waals surface area contributed by atoms with Crippen molar-refractivity contribution in [2.24, 2.45) is 0 Å². The lowest BCUT2D eigenvalue weighted by molar-refractivity contribution is -0.136. The molecule has 1 rings (SSSR count). The molecule has 0 aliphatic rings. The van der Waals surface area contributed by atoms with Gasteiger partial charge in [-0.25, -0.2) is 0 Å². The number of amides is 1. The molecular weight excluding hydrogens is 272 g/mol. The lowest BCUT2D eigenvalue weighted by Crippen LogP contribution is -2.26. The van der Waals surface area contributed by atoms with Crippen LogP contribution in [0.5, 0.6) is 0 Å². The third-order valence-electron chi connectivity index (χ3n) is 1.85. The Kier molecular flexibility index (Phi) is 7.28. The number of carboxylic acid groups (broad SMARTS) is 1. The molecule has 7 heteroatoms. The number of nitrogens with one attached hydrogen (secondary N) is 1. The van der Waals surface area contributed by atoms with Crippen molar-refractivity contribution in [3.8, 4) is 0 Å². The molecule has 0 radical (unpaired) electrons. The number of carboxylic acids is 1. The second kappa shape index (κ2) is 8.82. The largest absolute Gasteiger partial charge is 0.481 e. The first kappa shape index (κ1) is 14.8. The Morgan fingerprint density at radius 2 is 2.06 bits per heavy atom. The van der Waals surface area contributed by atoms with Crippen LogP contribution in [0.1, 0.15) is 16.9 Å². The van der Waals surface area contributed by atoms with Gasteiger partial charge in [-0.1, -0.05) is 27.7 Å². The van der Waals surface area contributed by atoms with Crippen molar-refractivity contribution < 1.29 is 14.7 Å². The number of carbonyl (C=O) groups is 2. The van der Waals surface area contributed by atoms with E-state index in [9.17, 15) is 9.59 Å². The average Bonchev–Trinajstić information content (AvgIpc) is 2.38. The van der Waals surface area contributed by atoms with Gasteiger partial charge in [0.1, 0.15) is 5.69 Å². The van der Waals surface area contributed by atoms with Gasteiger partial charge < -0.3 is 10.4 Å². The van der Waals surface area contributed by atoms with Crippen molar-refractivity contribution in [3.05, 3.63) is 30.1 Å². The fourth-order valence-electron chi connectivity index (χ4n) is 1.04. The summed E-state index contributed by atoms with van der Waals surface area (Å²) in [6.45, 7) is 0.542. The number of aromatic nitrogens is 1. The molecule has 1 amide bonds. The summed E-state index contributed by atoms with van der Waals surface area (Å²) in [5.41, 5.74) is 0.404. The van der Waals surface area contributed by atoms with Crippen molar-refractivity contribution in [3.63, 3.8) is 0 Å². The maximum Gasteiger partial charge on any atom is 0.304 e. The highest BCUT2D eigenvalue weighted by Crippen LogP contribution is 2.20. The van der Waals surface area contributed by atoms with Gasteiger partial charge in [0, 0.05) is 24.2 Å². The van der Waals surface area contributed by atoms with Gasteiger partial charge in [0.25, 0.3) is 5.91 Å². The quantitative estimate of drug-likeness (QED) is 0.559. The van der Waals surface area contributed by atoms with Crippen molar-refractivity contribution in [1.29, 1.82) is 0 Å². The van der Waals surface area contributed by atoms with Crippen LogP contribution in [0.15, 0.2) is 24.4 Å². The van der Waals surface area contributed by atoms with Crippen molar-refractivity contribution in [1.82, 2.24) is 10.3 Å². The molecule has 0 aromatic carbocycles. The molecule has 2 N–H and O–H groups in total. The highest BCUT2D eigenvalue weighted by Gasteiger charge is 2.04. The average molecular weight is 286 g/mol. The van der Waals surface area contributed by atoms with Gasteiger partial charge in [-0.2, -0.15) is 0 Å². The van der Waals surface area contributed by atoms with Crippen LogP contribution in [0.4, 0.5) is 0 Å². The molecule has 0 unspecified atom stereocenters. The zero-order chi connectivity index (χ0) is 13.2. The summed E-state index contributed by atoms with van der Waals surface area (Å²) in [6, 6.07) is 5.17. The van der Waals surface area contributed by atoms with E-state index in [4.69, 9.17) is 5.11 Å². The molecule has 1 aromatic rings. The van der Waals surface area contributed by atoms with Crippen LogP contribution in [0.3, 0.4) is 0 Å². The van der Waals surface area contributed by atoms with Crippen LogP contribution in [0, 0.1) is 0 Å². The SMILES string of the molecule is O=C(O)CCSSCCNC(=O)c1ccccn1. The van der Waals surface area contributed by atoms with Gasteiger partial charge in [-0.15, -0.1) is 0 Å². The second-order valence-corrected chi connectivity index (χ2v) is 5.96. The molecule has 0 saturated carbocycles. The van der Waals surface area contributed by atoms with Crippen molar-refractivity contribution in [2.75, 3.05) is 18.1 Å². The first-order valence-electron chi connectivity index (χ1n) is 5.35. The van der Waals surface area contributed by atoms with E-state index in [0.29, 0.717) is 18.0 Å². The lowest BCUT2D eigenvalue weighted by Gasteiger charge is -2.03. The first-order valence-corrected chi connectivity index (χ1v) is 7.84. The standard InChI is InChI=1S/C11H14N2O3S2/c14-10(15)4-7-17-18-8-6-13-11(16)9-3-1-2-5-12-9/h1-3,5H,4,6-8H2,(H,13,16)(H,14,15). The predicted molar refractivity (Wildman–Crippen MR) is 73.7 cm³/mol. The van der Waals surface area contributed by atoms with Crippen LogP contribution in [0.2, 0.25) is 0 Å². The van der Waals surface area contributed by atoms with Gasteiger partial charge in [0.05, 0.1) is 6.42 Å². The van der Waals surface area contributed by atoms with E-state index in [1.165, 1.54) is 10.8 Å². The zero-order valence-corrected chi connectivity index (χ0v) is 11.3. The summed E-state index contributed by atoms with van der Waals surface area (Å²) in [7, 11) is 3.05. The fraction of sp³-hybridized carbons (Fsp3) is 0.364. The minimum atomic E-state index is -0.786. The Labute approximate surface area is 113 Å². The Hall–Kier alpha value is -1.21. The molecule has 0 aliphatic heterocycles. The van der Waals surface area contributed by atoms with Crippen molar-refractivity contribution in [2.45, 2.75) is 6.42 Å². The Morgan fingerprint density at radius 3 is 2.72 bits per heavy atom. The number of pyridine rings is 1. The Bertz CT molecular complexity index is 387. The van der Waals surface area contributed by atoms with E-state index in [0.717, 1.165) is 5.75 Å². The van der Waals surface area contributed by atoms with E-state index < -0.39 is 5.97 Å². The van der Waals surface area contributed by atoms with Gasteiger partial charge >= 0.3 is 5.97 Å². The highest BCUT2D eigenvalue weighted by atomic mass is 33.1. The number of carbonyl (C=O) groups excluding carboxylic acids is 1. The second-order valence-electron chi connectivity index (χ2n) is 3.26. The molecule has 5 nitrogen and oxygen atoms in total. The summed E-state index contributed by atoms with van der Waals surface area (Å²) in [5.74, 6) is 0.343. The smallest absolute Gasteiger partial charge is 0.304 e. The topological polar surface area (TPSA) is 79.3 Å². The summed E-state index contributed by atoms with van der Waals surface area (Å²) < 4.78 is 0. The van der Waals surface area contributed by atoms with Crippen LogP contribution in [-0.2, 0) is 4.79 Å². The minimum absolute atomic E-state index is 0.165. The molecule has 0 saturated heterocycles. The van der Waals surface area contributed by atoms with Crippen LogP contribution >= 0.6 is 21.6 Å². The van der Waals surface area contributed by atoms with E-state index >= 15 is 0 Å². The van der Waals surface area contributed by atoms with Crippen molar-refractivity contribution >= 4 is 33.5 Å². The fourth-order valence-corrected chi connectivity index (χ4v) is 2.93. The summed E-state index contributed by atoms with van der Waals surface area (Å²) in [6.07, 6.45) is 1.74. The van der Waals surface area contributed by atoms with Gasteiger partial charge in [0.15, 0.2) is 0 Å². The number of hydrogen-bond donors (Lipinski definition) is 2. The molecule has 1 aromatic heterocycles. The van der Waals surface area contributed by atoms with Gasteiger partial charge in [0.2, 0.25) is 0 Å². The van der Waals surface area contributed by atoms with Gasteiger partial charge in [-0.3, -0.25) is 14.6 Å². The van der Waals surface area contributed by atoms with Gasteiger partial charge in [-0.05, 0) is 12.1 Å². The van der Waals surface area contributed by atoms with E-state index in [2.05, 4.69) is 10.3 Å². The van der Waals surface area contributed by atoms with Crippen LogP contribution in [-0.4, -0.2) is 40.0 Å². The highest BCUT2D eigenvalue weighted by molar-refractivity contribution is 8.76. The van der Waals surface area contributed by atoms with E-state index in [1.807, 2.05) is 0 Å². The molecule has 0 bridgehead atoms. The first-order chi connectivity index (χ1) is 8.70.